The van der Waals surface area contributed by atoms with Crippen molar-refractivity contribution in [2.24, 2.45) is 0 Å². The number of Topliss-reactive ketones (excluding diaryl/α,β-unsaturated/α-hetero) is 1. The minimum Gasteiger partial charge on any atom is -0.386 e. The van der Waals surface area contributed by atoms with Crippen LogP contribution in [0.15, 0.2) is 60.3 Å². The van der Waals surface area contributed by atoms with E-state index in [-0.39, 0.29) is 17.2 Å². The number of carbonyl (C=O) groups is 2. The van der Waals surface area contributed by atoms with Gasteiger partial charge in [-0.05, 0) is 48.9 Å². The molecule has 2 rings (SSSR count). The van der Waals surface area contributed by atoms with Crippen LogP contribution in [0.2, 0.25) is 0 Å². The largest absolute Gasteiger partial charge is 0.386 e. The van der Waals surface area contributed by atoms with E-state index in [9.17, 15) is 14.0 Å². The van der Waals surface area contributed by atoms with Crippen molar-refractivity contribution >= 4 is 17.4 Å². The van der Waals surface area contributed by atoms with E-state index in [1.165, 1.54) is 25.3 Å². The summed E-state index contributed by atoms with van der Waals surface area (Å²) >= 11 is 0. The molecule has 0 heterocycles. The Morgan fingerprint density at radius 3 is 2.32 bits per heavy atom. The number of rotatable bonds is 6. The summed E-state index contributed by atoms with van der Waals surface area (Å²) in [5.41, 5.74) is 1.73. The van der Waals surface area contributed by atoms with Gasteiger partial charge in [0.2, 0.25) is 0 Å². The van der Waals surface area contributed by atoms with Gasteiger partial charge in [-0.15, -0.1) is 0 Å². The molecule has 0 fully saturated rings. The fourth-order valence-electron chi connectivity index (χ4n) is 2.01. The maximum atomic E-state index is 12.8. The van der Waals surface area contributed by atoms with Crippen molar-refractivity contribution in [2.75, 3.05) is 5.32 Å². The van der Waals surface area contributed by atoms with Crippen LogP contribution >= 0.6 is 0 Å². The minimum absolute atomic E-state index is 0.0690. The molecule has 0 saturated heterocycles. The van der Waals surface area contributed by atoms with Gasteiger partial charge >= 0.3 is 0 Å². The topological polar surface area (TPSA) is 82.0 Å². The first-order chi connectivity index (χ1) is 12.0. The number of halogens is 1. The summed E-state index contributed by atoms with van der Waals surface area (Å²) in [7, 11) is 0. The first-order valence-corrected chi connectivity index (χ1v) is 7.50. The zero-order valence-corrected chi connectivity index (χ0v) is 13.5. The summed E-state index contributed by atoms with van der Waals surface area (Å²) in [6.07, 6.45) is 1.31. The molecule has 1 amide bonds. The fourth-order valence-corrected chi connectivity index (χ4v) is 2.01. The molecular formula is C19H16FN3O2. The molecule has 0 radical (unpaired) electrons. The number of nitrogens with one attached hydrogen (secondary N) is 2. The zero-order chi connectivity index (χ0) is 18.2. The maximum Gasteiger partial charge on any atom is 0.267 e. The quantitative estimate of drug-likeness (QED) is 0.482. The summed E-state index contributed by atoms with van der Waals surface area (Å²) in [4.78, 5) is 23.3. The van der Waals surface area contributed by atoms with Gasteiger partial charge in [0.25, 0.3) is 5.91 Å². The van der Waals surface area contributed by atoms with Crippen molar-refractivity contribution in [2.45, 2.75) is 13.5 Å². The van der Waals surface area contributed by atoms with Gasteiger partial charge in [-0.2, -0.15) is 5.26 Å². The van der Waals surface area contributed by atoms with E-state index in [1.54, 1.807) is 36.4 Å². The van der Waals surface area contributed by atoms with Crippen molar-refractivity contribution in [3.05, 3.63) is 77.2 Å². The average Bonchev–Trinajstić information content (AvgIpc) is 2.60. The standard InChI is InChI=1S/C19H16FN3O2/c1-13(24)15-4-8-18(9-5-15)23-19(25)16(10-21)12-22-11-14-2-6-17(20)7-3-14/h2-9,12,22H,11H2,1H3,(H,23,25)/b16-12-. The van der Waals surface area contributed by atoms with Gasteiger partial charge in [-0.25, -0.2) is 4.39 Å². The summed E-state index contributed by atoms with van der Waals surface area (Å²) < 4.78 is 12.8. The second kappa shape index (κ2) is 8.41. The fraction of sp³-hybridized carbons (Fsp3) is 0.105. The molecule has 2 aromatic rings. The third-order valence-electron chi connectivity index (χ3n) is 3.38. The molecular weight excluding hydrogens is 321 g/mol. The Labute approximate surface area is 144 Å². The highest BCUT2D eigenvalue weighted by atomic mass is 19.1. The zero-order valence-electron chi connectivity index (χ0n) is 13.5. The number of hydrogen-bond acceptors (Lipinski definition) is 4. The van der Waals surface area contributed by atoms with Crippen LogP contribution in [0.1, 0.15) is 22.8 Å². The molecule has 2 aromatic carbocycles. The lowest BCUT2D eigenvalue weighted by Crippen LogP contribution is -2.16. The lowest BCUT2D eigenvalue weighted by atomic mass is 10.1. The molecule has 0 spiro atoms. The molecule has 0 aliphatic heterocycles. The van der Waals surface area contributed by atoms with Gasteiger partial charge in [0.15, 0.2) is 5.78 Å². The van der Waals surface area contributed by atoms with E-state index in [0.29, 0.717) is 17.8 Å². The van der Waals surface area contributed by atoms with Crippen LogP contribution in [-0.4, -0.2) is 11.7 Å². The predicted molar refractivity (Wildman–Crippen MR) is 92.0 cm³/mol. The van der Waals surface area contributed by atoms with Crippen LogP contribution < -0.4 is 10.6 Å². The van der Waals surface area contributed by atoms with Crippen molar-refractivity contribution in [3.63, 3.8) is 0 Å². The number of anilines is 1. The average molecular weight is 337 g/mol. The van der Waals surface area contributed by atoms with Gasteiger partial charge in [-0.1, -0.05) is 12.1 Å². The molecule has 0 aliphatic carbocycles. The van der Waals surface area contributed by atoms with Crippen LogP contribution in [-0.2, 0) is 11.3 Å². The second-order valence-electron chi connectivity index (χ2n) is 5.26. The number of ketones is 1. The van der Waals surface area contributed by atoms with E-state index in [0.717, 1.165) is 5.56 Å². The van der Waals surface area contributed by atoms with E-state index in [1.807, 2.05) is 6.07 Å². The van der Waals surface area contributed by atoms with Gasteiger partial charge in [0.1, 0.15) is 17.5 Å². The third kappa shape index (κ3) is 5.29. The molecule has 0 aliphatic rings. The summed E-state index contributed by atoms with van der Waals surface area (Å²) in [5.74, 6) is -0.961. The Hall–Kier alpha value is -3.46. The smallest absolute Gasteiger partial charge is 0.267 e. The lowest BCUT2D eigenvalue weighted by molar-refractivity contribution is -0.112. The molecule has 0 unspecified atom stereocenters. The number of hydrogen-bond donors (Lipinski definition) is 2. The van der Waals surface area contributed by atoms with Crippen LogP contribution in [0.3, 0.4) is 0 Å². The Morgan fingerprint density at radius 1 is 1.12 bits per heavy atom. The maximum absolute atomic E-state index is 12.8. The molecule has 0 aromatic heterocycles. The molecule has 2 N–H and O–H groups in total. The Bertz CT molecular complexity index is 834. The van der Waals surface area contributed by atoms with Gasteiger partial charge in [0, 0.05) is 24.0 Å². The lowest BCUT2D eigenvalue weighted by Gasteiger charge is -2.06. The van der Waals surface area contributed by atoms with Crippen molar-refractivity contribution in [1.82, 2.24) is 5.32 Å². The van der Waals surface area contributed by atoms with Crippen LogP contribution in [0.5, 0.6) is 0 Å². The molecule has 0 atom stereocenters. The molecule has 5 nitrogen and oxygen atoms in total. The van der Waals surface area contributed by atoms with E-state index in [4.69, 9.17) is 5.26 Å². The van der Waals surface area contributed by atoms with E-state index >= 15 is 0 Å². The summed E-state index contributed by atoms with van der Waals surface area (Å²) in [6.45, 7) is 1.81. The second-order valence-corrected chi connectivity index (χ2v) is 5.26. The van der Waals surface area contributed by atoms with Gasteiger partial charge in [-0.3, -0.25) is 9.59 Å². The molecule has 0 bridgehead atoms. The predicted octanol–water partition coefficient (Wildman–Crippen LogP) is 3.16. The van der Waals surface area contributed by atoms with Crippen molar-refractivity contribution in [3.8, 4) is 6.07 Å². The first kappa shape index (κ1) is 17.9. The summed E-state index contributed by atoms with van der Waals surface area (Å²) in [6, 6.07) is 14.1. The molecule has 6 heteroatoms. The third-order valence-corrected chi connectivity index (χ3v) is 3.38. The monoisotopic (exact) mass is 337 g/mol. The highest BCUT2D eigenvalue weighted by Gasteiger charge is 2.09. The SMILES string of the molecule is CC(=O)c1ccc(NC(=O)/C(C#N)=C\NCc2ccc(F)cc2)cc1. The van der Waals surface area contributed by atoms with Crippen LogP contribution in [0, 0.1) is 17.1 Å². The van der Waals surface area contributed by atoms with E-state index in [2.05, 4.69) is 10.6 Å². The van der Waals surface area contributed by atoms with Crippen LogP contribution in [0.4, 0.5) is 10.1 Å². The number of amides is 1. The van der Waals surface area contributed by atoms with E-state index < -0.39 is 5.91 Å². The number of nitriles is 1. The van der Waals surface area contributed by atoms with Crippen molar-refractivity contribution < 1.29 is 14.0 Å². The first-order valence-electron chi connectivity index (χ1n) is 7.50. The Kier molecular flexibility index (Phi) is 6.02. The molecule has 126 valence electrons. The summed E-state index contributed by atoms with van der Waals surface area (Å²) in [5, 5.41) is 14.5. The Balaban J connectivity index is 1.96. The van der Waals surface area contributed by atoms with Crippen molar-refractivity contribution in [1.29, 1.82) is 5.26 Å². The molecule has 25 heavy (non-hydrogen) atoms. The number of carbonyl (C=O) groups excluding carboxylic acids is 2. The van der Waals surface area contributed by atoms with Crippen LogP contribution in [0.25, 0.3) is 0 Å². The highest BCUT2D eigenvalue weighted by molar-refractivity contribution is 6.06. The van der Waals surface area contributed by atoms with Gasteiger partial charge in [0.05, 0.1) is 0 Å². The Morgan fingerprint density at radius 2 is 1.76 bits per heavy atom. The minimum atomic E-state index is -0.565. The normalized spacial score (nSPS) is 10.7. The number of nitrogens with zero attached hydrogens (tertiary/aromatic N) is 1. The highest BCUT2D eigenvalue weighted by Crippen LogP contribution is 2.11. The molecule has 0 saturated carbocycles. The van der Waals surface area contributed by atoms with Gasteiger partial charge < -0.3 is 10.6 Å². The number of benzene rings is 2.